The lowest BCUT2D eigenvalue weighted by Crippen LogP contribution is -2.00. The van der Waals surface area contributed by atoms with Crippen molar-refractivity contribution in [2.24, 2.45) is 0 Å². The number of rotatable bonds is 3. The van der Waals surface area contributed by atoms with E-state index in [4.69, 9.17) is 11.6 Å². The van der Waals surface area contributed by atoms with Crippen LogP contribution in [0.5, 0.6) is 0 Å². The van der Waals surface area contributed by atoms with E-state index in [1.54, 1.807) is 0 Å². The zero-order valence-corrected chi connectivity index (χ0v) is 10.7. The van der Waals surface area contributed by atoms with E-state index >= 15 is 0 Å². The third kappa shape index (κ3) is 3.08. The summed E-state index contributed by atoms with van der Waals surface area (Å²) in [5.41, 5.74) is 2.36. The Kier molecular flexibility index (Phi) is 3.97. The summed E-state index contributed by atoms with van der Waals surface area (Å²) in [4.78, 5) is 0. The molecule has 0 spiro atoms. The van der Waals surface area contributed by atoms with Gasteiger partial charge in [-0.2, -0.15) is 0 Å². The molecule has 2 aromatic carbocycles. The van der Waals surface area contributed by atoms with Crippen molar-refractivity contribution in [2.75, 3.05) is 0 Å². The summed E-state index contributed by atoms with van der Waals surface area (Å²) >= 11 is 6.15. The van der Waals surface area contributed by atoms with Gasteiger partial charge in [-0.05, 0) is 37.1 Å². The Morgan fingerprint density at radius 2 is 1.72 bits per heavy atom. The van der Waals surface area contributed by atoms with Crippen LogP contribution in [0.2, 0.25) is 0 Å². The second-order valence-electron chi connectivity index (χ2n) is 4.32. The molecule has 0 aliphatic heterocycles. The minimum Gasteiger partial charge on any atom is -0.207 e. The molecule has 2 rings (SSSR count). The van der Waals surface area contributed by atoms with Gasteiger partial charge in [-0.1, -0.05) is 29.8 Å². The van der Waals surface area contributed by atoms with Crippen molar-refractivity contribution in [3.05, 3.63) is 70.8 Å². The van der Waals surface area contributed by atoms with Crippen LogP contribution in [0.25, 0.3) is 0 Å². The second kappa shape index (κ2) is 5.49. The Morgan fingerprint density at radius 3 is 2.39 bits per heavy atom. The zero-order valence-electron chi connectivity index (χ0n) is 9.96. The molecule has 1 unspecified atom stereocenters. The van der Waals surface area contributed by atoms with E-state index in [1.807, 2.05) is 31.2 Å². The summed E-state index contributed by atoms with van der Waals surface area (Å²) in [6.07, 6.45) is 0.474. The molecule has 0 saturated carbocycles. The fourth-order valence-corrected chi connectivity index (χ4v) is 2.14. The molecule has 0 amide bonds. The summed E-state index contributed by atoms with van der Waals surface area (Å²) < 4.78 is 26.6. The van der Waals surface area contributed by atoms with Crippen molar-refractivity contribution in [3.8, 4) is 0 Å². The normalized spacial score (nSPS) is 12.4. The average Bonchev–Trinajstić information content (AvgIpc) is 2.35. The largest absolute Gasteiger partial charge is 0.207 e. The van der Waals surface area contributed by atoms with Gasteiger partial charge in [-0.25, -0.2) is 8.78 Å². The molecule has 0 radical (unpaired) electrons. The van der Waals surface area contributed by atoms with E-state index in [-0.39, 0.29) is 5.56 Å². The maximum atomic E-state index is 13.5. The quantitative estimate of drug-likeness (QED) is 0.701. The third-order valence-corrected chi connectivity index (χ3v) is 3.22. The molecule has 0 aliphatic carbocycles. The molecular formula is C15H13ClF2. The zero-order chi connectivity index (χ0) is 13.1. The smallest absolute Gasteiger partial charge is 0.128 e. The van der Waals surface area contributed by atoms with Gasteiger partial charge in [-0.15, -0.1) is 11.6 Å². The summed E-state index contributed by atoms with van der Waals surface area (Å²) in [7, 11) is 0. The van der Waals surface area contributed by atoms with Crippen molar-refractivity contribution in [3.63, 3.8) is 0 Å². The highest BCUT2D eigenvalue weighted by Gasteiger charge is 2.14. The van der Waals surface area contributed by atoms with Gasteiger partial charge in [0.15, 0.2) is 0 Å². The monoisotopic (exact) mass is 266 g/mol. The average molecular weight is 267 g/mol. The molecule has 18 heavy (non-hydrogen) atoms. The Bertz CT molecular complexity index is 535. The van der Waals surface area contributed by atoms with Gasteiger partial charge in [0, 0.05) is 5.56 Å². The van der Waals surface area contributed by atoms with Crippen LogP contribution in [0.3, 0.4) is 0 Å². The van der Waals surface area contributed by atoms with Crippen molar-refractivity contribution in [1.29, 1.82) is 0 Å². The van der Waals surface area contributed by atoms with Crippen LogP contribution in [0.1, 0.15) is 22.1 Å². The van der Waals surface area contributed by atoms with Crippen LogP contribution in [0, 0.1) is 18.6 Å². The van der Waals surface area contributed by atoms with Crippen LogP contribution in [0.15, 0.2) is 42.5 Å². The lowest BCUT2D eigenvalue weighted by molar-refractivity contribution is 0.582. The molecule has 0 fully saturated rings. The molecule has 0 heterocycles. The molecule has 1 atom stereocenters. The van der Waals surface area contributed by atoms with Gasteiger partial charge in [0.25, 0.3) is 0 Å². The van der Waals surface area contributed by atoms with E-state index in [1.165, 1.54) is 0 Å². The van der Waals surface area contributed by atoms with Gasteiger partial charge in [0.1, 0.15) is 11.6 Å². The summed E-state index contributed by atoms with van der Waals surface area (Å²) in [6.45, 7) is 1.99. The number of hydrogen-bond donors (Lipinski definition) is 0. The highest BCUT2D eigenvalue weighted by Crippen LogP contribution is 2.27. The molecule has 0 N–H and O–H groups in total. The number of alkyl halides is 1. The predicted molar refractivity (Wildman–Crippen MR) is 69.8 cm³/mol. The minimum atomic E-state index is -0.566. The molecule has 0 aromatic heterocycles. The maximum Gasteiger partial charge on any atom is 0.128 e. The number of hydrogen-bond acceptors (Lipinski definition) is 0. The Labute approximate surface area is 110 Å². The van der Waals surface area contributed by atoms with Crippen molar-refractivity contribution < 1.29 is 8.78 Å². The Balaban J connectivity index is 2.18. The van der Waals surface area contributed by atoms with E-state index in [0.29, 0.717) is 6.42 Å². The topological polar surface area (TPSA) is 0 Å². The summed E-state index contributed by atoms with van der Waals surface area (Å²) in [5, 5.41) is -0.566. The minimum absolute atomic E-state index is 0.206. The van der Waals surface area contributed by atoms with Gasteiger partial charge in [0.05, 0.1) is 5.38 Å². The Morgan fingerprint density at radius 1 is 1.06 bits per heavy atom. The molecule has 3 heteroatoms. The number of halogens is 3. The van der Waals surface area contributed by atoms with Crippen LogP contribution in [-0.2, 0) is 6.42 Å². The van der Waals surface area contributed by atoms with E-state index in [9.17, 15) is 8.78 Å². The van der Waals surface area contributed by atoms with E-state index in [0.717, 1.165) is 29.3 Å². The molecule has 0 nitrogen and oxygen atoms in total. The molecule has 2 aromatic rings. The Hall–Kier alpha value is -1.41. The second-order valence-corrected chi connectivity index (χ2v) is 4.85. The molecule has 94 valence electrons. The lowest BCUT2D eigenvalue weighted by Gasteiger charge is -2.11. The maximum absolute atomic E-state index is 13.5. The van der Waals surface area contributed by atoms with Gasteiger partial charge < -0.3 is 0 Å². The molecule has 0 saturated heterocycles. The van der Waals surface area contributed by atoms with Gasteiger partial charge in [0.2, 0.25) is 0 Å². The van der Waals surface area contributed by atoms with Crippen molar-refractivity contribution >= 4 is 11.6 Å². The fraction of sp³-hybridized carbons (Fsp3) is 0.200. The third-order valence-electron chi connectivity index (χ3n) is 2.83. The number of benzene rings is 2. The van der Waals surface area contributed by atoms with Gasteiger partial charge in [-0.3, -0.25) is 0 Å². The van der Waals surface area contributed by atoms with Crippen molar-refractivity contribution in [1.82, 2.24) is 0 Å². The summed E-state index contributed by atoms with van der Waals surface area (Å²) in [5.74, 6) is -0.940. The van der Waals surface area contributed by atoms with Crippen LogP contribution in [-0.4, -0.2) is 0 Å². The van der Waals surface area contributed by atoms with Crippen LogP contribution >= 0.6 is 11.6 Å². The first-order valence-corrected chi connectivity index (χ1v) is 6.14. The predicted octanol–water partition coefficient (Wildman–Crippen LogP) is 4.80. The SMILES string of the molecule is Cc1ccc(CC(Cl)c2cc(F)ccc2F)cc1. The first-order chi connectivity index (χ1) is 8.56. The van der Waals surface area contributed by atoms with Gasteiger partial charge >= 0.3 is 0 Å². The number of aryl methyl sites for hydroxylation is 1. The first-order valence-electron chi connectivity index (χ1n) is 5.71. The van der Waals surface area contributed by atoms with E-state index < -0.39 is 17.0 Å². The highest BCUT2D eigenvalue weighted by atomic mass is 35.5. The molecule has 0 bridgehead atoms. The highest BCUT2D eigenvalue weighted by molar-refractivity contribution is 6.20. The van der Waals surface area contributed by atoms with Crippen molar-refractivity contribution in [2.45, 2.75) is 18.7 Å². The fourth-order valence-electron chi connectivity index (χ4n) is 1.80. The molecule has 0 aliphatic rings. The first kappa shape index (κ1) is 13.0. The van der Waals surface area contributed by atoms with Crippen LogP contribution in [0.4, 0.5) is 8.78 Å². The summed E-state index contributed by atoms with van der Waals surface area (Å²) in [6, 6.07) is 11.2. The standard InChI is InChI=1S/C15H13ClF2/c1-10-2-4-11(5-3-10)8-14(16)13-9-12(17)6-7-15(13)18/h2-7,9,14H,8H2,1H3. The molecular weight excluding hydrogens is 254 g/mol. The lowest BCUT2D eigenvalue weighted by atomic mass is 10.0. The van der Waals surface area contributed by atoms with E-state index in [2.05, 4.69) is 0 Å². The van der Waals surface area contributed by atoms with Crippen LogP contribution < -0.4 is 0 Å².